The number of hydrogen-bond acceptors (Lipinski definition) is 12. The predicted octanol–water partition coefficient (Wildman–Crippen LogP) is 2.11. The Balaban J connectivity index is 1.34. The minimum absolute atomic E-state index is 0.0108. The molecule has 0 unspecified atom stereocenters. The van der Waals surface area contributed by atoms with Crippen molar-refractivity contribution in [3.05, 3.63) is 65.9 Å². The number of carboxylic acid groups (broad SMARTS) is 1. The van der Waals surface area contributed by atoms with Crippen molar-refractivity contribution in [3.8, 4) is 0 Å². The van der Waals surface area contributed by atoms with Crippen LogP contribution in [0.1, 0.15) is 57.7 Å². The normalized spacial score (nSPS) is 12.6. The summed E-state index contributed by atoms with van der Waals surface area (Å²) >= 11 is 0. The summed E-state index contributed by atoms with van der Waals surface area (Å²) in [4.78, 5) is 90.1. The average molecular weight is 880 g/mol. The van der Waals surface area contributed by atoms with Gasteiger partial charge in [0.05, 0.1) is 33.0 Å². The van der Waals surface area contributed by atoms with Gasteiger partial charge in [0, 0.05) is 56.3 Å². The van der Waals surface area contributed by atoms with Crippen molar-refractivity contribution in [2.75, 3.05) is 52.4 Å². The molecular weight excluding hydrogens is 819 g/mol. The van der Waals surface area contributed by atoms with Crippen LogP contribution in [0.15, 0.2) is 59.6 Å². The van der Waals surface area contributed by atoms with Crippen LogP contribution in [-0.4, -0.2) is 128 Å². The van der Waals surface area contributed by atoms with Crippen molar-refractivity contribution in [1.82, 2.24) is 36.3 Å². The maximum Gasteiger partial charge on any atom is 0.433 e. The van der Waals surface area contributed by atoms with Crippen LogP contribution in [0, 0.1) is 5.92 Å². The van der Waals surface area contributed by atoms with Crippen molar-refractivity contribution >= 4 is 64.9 Å². The Morgan fingerprint density at radius 3 is 2.17 bits per heavy atom. The van der Waals surface area contributed by atoms with Crippen molar-refractivity contribution < 1.29 is 52.9 Å². The molecule has 63 heavy (non-hydrogen) atoms. The average Bonchev–Trinajstić information content (AvgIpc) is 3.60. The number of nitrogens with zero attached hydrogens (tertiary/aromatic N) is 3. The van der Waals surface area contributed by atoms with Gasteiger partial charge in [0.15, 0.2) is 0 Å². The first-order valence-electron chi connectivity index (χ1n) is 20.6. The van der Waals surface area contributed by atoms with E-state index in [1.165, 1.54) is 6.92 Å². The zero-order valence-corrected chi connectivity index (χ0v) is 36.6. The van der Waals surface area contributed by atoms with Gasteiger partial charge in [-0.15, -0.1) is 0 Å². The smallest absolute Gasteiger partial charge is 0.433 e. The molecule has 0 bridgehead atoms. The number of aryl methyl sites for hydroxylation is 1. The maximum atomic E-state index is 13.0. The first-order valence-corrected chi connectivity index (χ1v) is 20.6. The highest BCUT2D eigenvalue weighted by Crippen LogP contribution is 2.21. The third kappa shape index (κ3) is 18.3. The van der Waals surface area contributed by atoms with E-state index in [1.54, 1.807) is 38.1 Å². The van der Waals surface area contributed by atoms with Crippen LogP contribution in [-0.2, 0) is 62.7 Å². The molecule has 7 N–H and O–H groups in total. The van der Waals surface area contributed by atoms with Gasteiger partial charge in [0.25, 0.3) is 0 Å². The number of anilines is 1. The van der Waals surface area contributed by atoms with Crippen LogP contribution in [0.5, 0.6) is 0 Å². The molecule has 6 amide bonds. The Kier molecular flexibility index (Phi) is 21.9. The Labute approximate surface area is 366 Å². The second-order valence-corrected chi connectivity index (χ2v) is 14.9. The molecule has 0 spiro atoms. The summed E-state index contributed by atoms with van der Waals surface area (Å²) in [5.41, 5.74) is 6.17. The van der Waals surface area contributed by atoms with Gasteiger partial charge >= 0.3 is 12.1 Å². The number of nitrogens with one attached hydrogen (secondary N) is 6. The molecule has 1 heterocycles. The topological polar surface area (TPSA) is 260 Å². The zero-order chi connectivity index (χ0) is 46.3. The standard InChI is InChI=1S/C43H61N9O11/c1-28(2)39(42(59)47-29(3)40(57)48-32-13-11-30(12-14-32)27-63-43(60)44-4)50-37(54)18-21-61-23-24-62-22-19-46-41(58)34(15-16-38(55)56)49-36(53)17-20-52-33(26-51(6)45-5)25-31-9-7-8-10-35(31)52/h7-14,25,28-29,34,39,45H,4,15-24,26-27H2,1-3,5-6H3,(H,46,58)(H,47,59)(H,48,57)(H,49,53)(H,50,54)(H,55,56)/t29-,34-,39-/m0/s1. The molecule has 1 aromatic heterocycles. The lowest BCUT2D eigenvalue weighted by molar-refractivity contribution is -0.138. The van der Waals surface area contributed by atoms with Crippen molar-refractivity contribution in [2.24, 2.45) is 10.9 Å². The van der Waals surface area contributed by atoms with E-state index in [1.807, 2.05) is 43.4 Å². The van der Waals surface area contributed by atoms with Gasteiger partial charge in [-0.05, 0) is 68.2 Å². The number of aliphatic imine (C=N–C) groups is 1. The lowest BCUT2D eigenvalue weighted by atomic mass is 10.0. The largest absolute Gasteiger partial charge is 0.481 e. The molecule has 0 saturated heterocycles. The summed E-state index contributed by atoms with van der Waals surface area (Å²) in [6.45, 7) is 9.62. The van der Waals surface area contributed by atoms with Gasteiger partial charge in [0.2, 0.25) is 29.5 Å². The molecule has 3 rings (SSSR count). The Morgan fingerprint density at radius 1 is 0.825 bits per heavy atom. The number of fused-ring (bicyclic) bond motifs is 1. The highest BCUT2D eigenvalue weighted by molar-refractivity contribution is 5.98. The van der Waals surface area contributed by atoms with Crippen LogP contribution in [0.2, 0.25) is 0 Å². The monoisotopic (exact) mass is 879 g/mol. The Bertz CT molecular complexity index is 2010. The lowest BCUT2D eigenvalue weighted by Gasteiger charge is -2.24. The quantitative estimate of drug-likeness (QED) is 0.0314. The number of benzene rings is 2. The van der Waals surface area contributed by atoms with Crippen LogP contribution in [0.4, 0.5) is 10.5 Å². The van der Waals surface area contributed by atoms with E-state index >= 15 is 0 Å². The summed E-state index contributed by atoms with van der Waals surface area (Å²) in [5, 5.41) is 25.6. The van der Waals surface area contributed by atoms with Gasteiger partial charge in [-0.2, -0.15) is 4.99 Å². The predicted molar refractivity (Wildman–Crippen MR) is 234 cm³/mol. The molecule has 3 atom stereocenters. The number of para-hydroxylation sites is 1. The fraction of sp³-hybridized carbons (Fsp3) is 0.488. The van der Waals surface area contributed by atoms with Gasteiger partial charge in [-0.3, -0.25) is 34.2 Å². The highest BCUT2D eigenvalue weighted by Gasteiger charge is 2.27. The summed E-state index contributed by atoms with van der Waals surface area (Å²) in [7, 11) is 3.73. The maximum absolute atomic E-state index is 13.0. The van der Waals surface area contributed by atoms with Gasteiger partial charge in [-0.1, -0.05) is 44.2 Å². The molecule has 0 fully saturated rings. The lowest BCUT2D eigenvalue weighted by Crippen LogP contribution is -2.53. The zero-order valence-electron chi connectivity index (χ0n) is 36.6. The number of rotatable bonds is 28. The summed E-state index contributed by atoms with van der Waals surface area (Å²) in [6.07, 6.45) is -1.17. The molecule has 0 aliphatic heterocycles. The molecule has 3 aromatic rings. The van der Waals surface area contributed by atoms with E-state index in [-0.39, 0.29) is 71.2 Å². The first-order chi connectivity index (χ1) is 30.1. The van der Waals surface area contributed by atoms with Crippen molar-refractivity contribution in [3.63, 3.8) is 0 Å². The molecule has 0 radical (unpaired) electrons. The molecule has 20 nitrogen and oxygen atoms in total. The highest BCUT2D eigenvalue weighted by atomic mass is 16.5. The van der Waals surface area contributed by atoms with Gasteiger partial charge < -0.3 is 50.5 Å². The van der Waals surface area contributed by atoms with E-state index in [2.05, 4.69) is 54.4 Å². The van der Waals surface area contributed by atoms with E-state index in [9.17, 15) is 38.7 Å². The number of aliphatic carboxylic acids is 1. The number of carbonyl (C=O) groups excluding carboxylic acids is 6. The van der Waals surface area contributed by atoms with Crippen LogP contribution in [0.3, 0.4) is 0 Å². The number of ether oxygens (including phenoxy) is 3. The minimum Gasteiger partial charge on any atom is -0.481 e. The minimum atomic E-state index is -1.09. The summed E-state index contributed by atoms with van der Waals surface area (Å²) < 4.78 is 18.0. The van der Waals surface area contributed by atoms with Gasteiger partial charge in [-0.25, -0.2) is 9.80 Å². The second-order valence-electron chi connectivity index (χ2n) is 14.9. The SMILES string of the molecule is C=NC(=O)OCc1ccc(NC(=O)[C@H](C)NC(=O)[C@@H](NC(=O)CCOCCOCCNC(=O)[C@H](CCC(=O)O)NC(=O)CCn2c(CN(C)NC)cc3ccccc32)C(C)C)cc1. The number of hydrazine groups is 1. The molecular formula is C43H61N9O11. The third-order valence-electron chi connectivity index (χ3n) is 9.66. The summed E-state index contributed by atoms with van der Waals surface area (Å²) in [5.74, 6) is -3.75. The molecule has 0 aliphatic rings. The van der Waals surface area contributed by atoms with Crippen LogP contribution >= 0.6 is 0 Å². The Morgan fingerprint density at radius 2 is 1.51 bits per heavy atom. The molecule has 344 valence electrons. The summed E-state index contributed by atoms with van der Waals surface area (Å²) in [6, 6.07) is 13.6. The number of hydrogen-bond donors (Lipinski definition) is 7. The third-order valence-corrected chi connectivity index (χ3v) is 9.66. The van der Waals surface area contributed by atoms with E-state index < -0.39 is 59.7 Å². The molecule has 2 aromatic carbocycles. The fourth-order valence-corrected chi connectivity index (χ4v) is 6.13. The van der Waals surface area contributed by atoms with Crippen molar-refractivity contribution in [2.45, 2.75) is 84.3 Å². The fourth-order valence-electron chi connectivity index (χ4n) is 6.13. The molecule has 0 aliphatic carbocycles. The van der Waals surface area contributed by atoms with E-state index in [0.29, 0.717) is 24.3 Å². The second kappa shape index (κ2) is 27.0. The number of carbonyl (C=O) groups is 7. The molecule has 20 heteroatoms. The van der Waals surface area contributed by atoms with E-state index in [0.717, 1.165) is 16.6 Å². The number of amides is 6. The number of carboxylic acids is 1. The van der Waals surface area contributed by atoms with Crippen LogP contribution < -0.4 is 32.0 Å². The Hall–Kier alpha value is -6.22. The van der Waals surface area contributed by atoms with Crippen LogP contribution in [0.25, 0.3) is 10.9 Å². The molecule has 0 saturated carbocycles. The first kappa shape index (κ1) is 51.1. The van der Waals surface area contributed by atoms with Gasteiger partial charge in [0.1, 0.15) is 24.7 Å². The van der Waals surface area contributed by atoms with E-state index in [4.69, 9.17) is 14.2 Å². The number of aromatic nitrogens is 1. The van der Waals surface area contributed by atoms with Crippen molar-refractivity contribution in [1.29, 1.82) is 0 Å².